The van der Waals surface area contributed by atoms with Crippen molar-refractivity contribution in [1.29, 1.82) is 0 Å². The normalized spacial score (nSPS) is 12.5. The third-order valence-corrected chi connectivity index (χ3v) is 2.77. The maximum atomic E-state index is 12.9. The number of alkyl halides is 2. The van der Waals surface area contributed by atoms with E-state index in [0.29, 0.717) is 0 Å². The fourth-order valence-corrected chi connectivity index (χ4v) is 1.71. The summed E-state index contributed by atoms with van der Waals surface area (Å²) in [5, 5.41) is 13.2. The fraction of sp³-hybridized carbons (Fsp3) is 0.417. The fourth-order valence-electron chi connectivity index (χ4n) is 1.71. The van der Waals surface area contributed by atoms with Gasteiger partial charge in [0.15, 0.2) is 0 Å². The Hall–Kier alpha value is -2.25. The zero-order chi connectivity index (χ0) is 15.4. The lowest BCUT2D eigenvalue weighted by molar-refractivity contribution is -0.385. The van der Waals surface area contributed by atoms with Gasteiger partial charge in [0.25, 0.3) is 12.1 Å². The summed E-state index contributed by atoms with van der Waals surface area (Å²) in [5.41, 5.74) is 4.18. The lowest BCUT2D eigenvalue weighted by Crippen LogP contribution is -2.39. The highest BCUT2D eigenvalue weighted by molar-refractivity contribution is 5.83. The van der Waals surface area contributed by atoms with E-state index in [0.717, 1.165) is 18.2 Å². The van der Waals surface area contributed by atoms with Gasteiger partial charge < -0.3 is 11.1 Å². The number of nitro benzene ring substituents is 1. The number of halogens is 2. The Morgan fingerprint density at radius 2 is 2.00 bits per heavy atom. The van der Waals surface area contributed by atoms with E-state index in [9.17, 15) is 23.7 Å². The van der Waals surface area contributed by atoms with Gasteiger partial charge in [0, 0.05) is 23.4 Å². The van der Waals surface area contributed by atoms with E-state index in [1.165, 1.54) is 0 Å². The van der Waals surface area contributed by atoms with Crippen molar-refractivity contribution in [2.24, 2.45) is 11.7 Å². The average molecular weight is 287 g/mol. The Labute approximate surface area is 114 Å². The van der Waals surface area contributed by atoms with E-state index in [2.05, 4.69) is 5.32 Å². The molecule has 1 unspecified atom stereocenters. The average Bonchev–Trinajstić information content (AvgIpc) is 2.34. The van der Waals surface area contributed by atoms with Gasteiger partial charge in [-0.3, -0.25) is 14.9 Å². The zero-order valence-corrected chi connectivity index (χ0v) is 11.0. The first-order chi connectivity index (χ1) is 9.23. The lowest BCUT2D eigenvalue weighted by atomic mass is 10.0. The van der Waals surface area contributed by atoms with Crippen molar-refractivity contribution in [1.82, 2.24) is 0 Å². The number of nitrogens with one attached hydrogen (secondary N) is 1. The lowest BCUT2D eigenvalue weighted by Gasteiger charge is -2.21. The molecule has 3 N–H and O–H groups in total. The smallest absolute Gasteiger partial charge is 0.270 e. The summed E-state index contributed by atoms with van der Waals surface area (Å²) < 4.78 is 25.9. The molecule has 0 heterocycles. The Kier molecular flexibility index (Phi) is 4.95. The summed E-state index contributed by atoms with van der Waals surface area (Å²) in [5.74, 6) is -0.896. The first-order valence-electron chi connectivity index (χ1n) is 5.86. The maximum absolute atomic E-state index is 12.9. The molecule has 1 rings (SSSR count). The SMILES string of the molecule is CC(C)C(Nc1ccc([N+](=O)[O-])cc1C(F)F)C(N)=O. The largest absolute Gasteiger partial charge is 0.373 e. The summed E-state index contributed by atoms with van der Waals surface area (Å²) in [4.78, 5) is 21.1. The van der Waals surface area contributed by atoms with Crippen molar-refractivity contribution < 1.29 is 18.5 Å². The minimum Gasteiger partial charge on any atom is -0.373 e. The van der Waals surface area contributed by atoms with Gasteiger partial charge in [0.05, 0.1) is 4.92 Å². The molecule has 0 bridgehead atoms. The Morgan fingerprint density at radius 3 is 2.40 bits per heavy atom. The highest BCUT2D eigenvalue weighted by atomic mass is 19.3. The molecule has 0 radical (unpaired) electrons. The van der Waals surface area contributed by atoms with E-state index in [-0.39, 0.29) is 11.6 Å². The van der Waals surface area contributed by atoms with Crippen LogP contribution < -0.4 is 11.1 Å². The molecule has 0 aliphatic rings. The van der Waals surface area contributed by atoms with Gasteiger partial charge in [-0.1, -0.05) is 13.8 Å². The summed E-state index contributed by atoms with van der Waals surface area (Å²) >= 11 is 0. The van der Waals surface area contributed by atoms with Crippen molar-refractivity contribution in [2.75, 3.05) is 5.32 Å². The molecule has 0 aliphatic carbocycles. The number of anilines is 1. The number of hydrogen-bond acceptors (Lipinski definition) is 4. The minimum absolute atomic E-state index is 0.0388. The quantitative estimate of drug-likeness (QED) is 0.620. The van der Waals surface area contributed by atoms with Crippen LogP contribution in [0.2, 0.25) is 0 Å². The minimum atomic E-state index is -2.90. The monoisotopic (exact) mass is 287 g/mol. The number of hydrogen-bond donors (Lipinski definition) is 2. The number of nitro groups is 1. The number of primary amides is 1. The van der Waals surface area contributed by atoms with Gasteiger partial charge in [0.2, 0.25) is 5.91 Å². The van der Waals surface area contributed by atoms with Gasteiger partial charge in [-0.15, -0.1) is 0 Å². The van der Waals surface area contributed by atoms with Gasteiger partial charge in [0.1, 0.15) is 6.04 Å². The van der Waals surface area contributed by atoms with Crippen LogP contribution in [-0.2, 0) is 4.79 Å². The number of rotatable bonds is 6. The van der Waals surface area contributed by atoms with Crippen LogP contribution in [0.3, 0.4) is 0 Å². The molecular formula is C12H15F2N3O3. The number of benzene rings is 1. The molecule has 20 heavy (non-hydrogen) atoms. The van der Waals surface area contributed by atoms with Gasteiger partial charge >= 0.3 is 0 Å². The van der Waals surface area contributed by atoms with Gasteiger partial charge in [-0.25, -0.2) is 8.78 Å². The third kappa shape index (κ3) is 3.62. The second-order valence-electron chi connectivity index (χ2n) is 4.60. The van der Waals surface area contributed by atoms with Crippen molar-refractivity contribution in [3.63, 3.8) is 0 Å². The number of nitrogens with zero attached hydrogens (tertiary/aromatic N) is 1. The Morgan fingerprint density at radius 1 is 1.40 bits per heavy atom. The Bertz CT molecular complexity index is 521. The Balaban J connectivity index is 3.17. The van der Waals surface area contributed by atoms with Crippen LogP contribution in [0.25, 0.3) is 0 Å². The highest BCUT2D eigenvalue weighted by Gasteiger charge is 2.24. The highest BCUT2D eigenvalue weighted by Crippen LogP contribution is 2.31. The molecule has 1 atom stereocenters. The van der Waals surface area contributed by atoms with Crippen LogP contribution in [-0.4, -0.2) is 16.9 Å². The van der Waals surface area contributed by atoms with Crippen molar-refractivity contribution in [2.45, 2.75) is 26.3 Å². The predicted octanol–water partition coefficient (Wildman–Crippen LogP) is 2.45. The van der Waals surface area contributed by atoms with E-state index >= 15 is 0 Å². The van der Waals surface area contributed by atoms with Crippen LogP contribution in [0.1, 0.15) is 25.8 Å². The number of non-ortho nitro benzene ring substituents is 1. The molecule has 0 saturated heterocycles. The molecule has 0 fully saturated rings. The number of nitrogens with two attached hydrogens (primary N) is 1. The van der Waals surface area contributed by atoms with Crippen LogP contribution in [0.4, 0.5) is 20.2 Å². The molecule has 8 heteroatoms. The van der Waals surface area contributed by atoms with Crippen molar-refractivity contribution >= 4 is 17.3 Å². The van der Waals surface area contributed by atoms with E-state index in [1.54, 1.807) is 13.8 Å². The first-order valence-corrected chi connectivity index (χ1v) is 5.86. The van der Waals surface area contributed by atoms with E-state index in [1.807, 2.05) is 0 Å². The molecule has 0 saturated carbocycles. The van der Waals surface area contributed by atoms with E-state index < -0.39 is 34.5 Å². The van der Waals surface area contributed by atoms with E-state index in [4.69, 9.17) is 5.73 Å². The molecule has 1 aromatic carbocycles. The van der Waals surface area contributed by atoms with Crippen LogP contribution >= 0.6 is 0 Å². The zero-order valence-electron chi connectivity index (χ0n) is 11.0. The first kappa shape index (κ1) is 15.8. The molecule has 0 aliphatic heterocycles. The second-order valence-corrected chi connectivity index (χ2v) is 4.60. The molecule has 110 valence electrons. The molecule has 0 aromatic heterocycles. The topological polar surface area (TPSA) is 98.3 Å². The second kappa shape index (κ2) is 6.27. The number of amides is 1. The standard InChI is InChI=1S/C12H15F2N3O3/c1-6(2)10(12(15)18)16-9-4-3-7(17(19)20)5-8(9)11(13)14/h3-6,10-11,16H,1-2H3,(H2,15,18). The molecule has 0 spiro atoms. The number of carbonyl (C=O) groups excluding carboxylic acids is 1. The van der Waals surface area contributed by atoms with Crippen LogP contribution in [0.15, 0.2) is 18.2 Å². The predicted molar refractivity (Wildman–Crippen MR) is 69.5 cm³/mol. The summed E-state index contributed by atoms with van der Waals surface area (Å²) in [7, 11) is 0. The van der Waals surface area contributed by atoms with Crippen molar-refractivity contribution in [3.8, 4) is 0 Å². The van der Waals surface area contributed by atoms with Crippen LogP contribution in [0, 0.1) is 16.0 Å². The van der Waals surface area contributed by atoms with Crippen LogP contribution in [0.5, 0.6) is 0 Å². The maximum Gasteiger partial charge on any atom is 0.270 e. The van der Waals surface area contributed by atoms with Gasteiger partial charge in [-0.05, 0) is 12.0 Å². The molecule has 1 amide bonds. The summed E-state index contributed by atoms with van der Waals surface area (Å²) in [6.45, 7) is 3.41. The van der Waals surface area contributed by atoms with Gasteiger partial charge in [-0.2, -0.15) is 0 Å². The molecule has 1 aromatic rings. The van der Waals surface area contributed by atoms with Crippen molar-refractivity contribution in [3.05, 3.63) is 33.9 Å². The third-order valence-electron chi connectivity index (χ3n) is 2.77. The molecule has 6 nitrogen and oxygen atoms in total. The molecular weight excluding hydrogens is 272 g/mol. The summed E-state index contributed by atoms with van der Waals surface area (Å²) in [6.07, 6.45) is -2.90. The number of carbonyl (C=O) groups is 1. The summed E-state index contributed by atoms with van der Waals surface area (Å²) in [6, 6.07) is 2.18.